The first-order valence-electron chi connectivity index (χ1n) is 6.31. The highest BCUT2D eigenvalue weighted by Crippen LogP contribution is 2.26. The van der Waals surface area contributed by atoms with E-state index in [9.17, 15) is 15.2 Å². The Kier molecular flexibility index (Phi) is 3.44. The van der Waals surface area contributed by atoms with Crippen LogP contribution in [0.5, 0.6) is 5.75 Å². The Hall–Kier alpha value is -2.81. The Morgan fingerprint density at radius 3 is 2.48 bits per heavy atom. The fourth-order valence-corrected chi connectivity index (χ4v) is 1.99. The first-order chi connectivity index (χ1) is 9.74. The van der Waals surface area contributed by atoms with Gasteiger partial charge in [0, 0.05) is 17.7 Å². The lowest BCUT2D eigenvalue weighted by Gasteiger charge is -2.15. The summed E-state index contributed by atoms with van der Waals surface area (Å²) in [5, 5.41) is 32.2. The summed E-state index contributed by atoms with van der Waals surface area (Å²) in [6, 6.07) is 6.24. The molecular weight excluding hydrogens is 270 g/mol. The number of aromatic nitrogens is 2. The number of aromatic carboxylic acids is 1. The van der Waals surface area contributed by atoms with Crippen molar-refractivity contribution in [2.45, 2.75) is 26.2 Å². The number of hydrogen-bond acceptors (Lipinski definition) is 4. The van der Waals surface area contributed by atoms with E-state index in [0.717, 1.165) is 0 Å². The van der Waals surface area contributed by atoms with Crippen molar-refractivity contribution in [2.24, 2.45) is 0 Å². The van der Waals surface area contributed by atoms with E-state index in [0.29, 0.717) is 16.9 Å². The third kappa shape index (κ3) is 2.72. The zero-order valence-corrected chi connectivity index (χ0v) is 12.0. The van der Waals surface area contributed by atoms with E-state index in [4.69, 9.17) is 5.11 Å². The van der Waals surface area contributed by atoms with Crippen LogP contribution >= 0.6 is 0 Å². The van der Waals surface area contributed by atoms with Crippen LogP contribution in [0.3, 0.4) is 0 Å². The molecule has 0 bridgehead atoms. The van der Waals surface area contributed by atoms with Gasteiger partial charge in [-0.05, 0) is 12.1 Å². The molecule has 0 saturated carbocycles. The van der Waals surface area contributed by atoms with Crippen LogP contribution in [0, 0.1) is 11.3 Å². The fraction of sp³-hybridized carbons (Fsp3) is 0.267. The van der Waals surface area contributed by atoms with Crippen LogP contribution in [-0.2, 0) is 5.41 Å². The average Bonchev–Trinajstić information content (AvgIpc) is 2.82. The van der Waals surface area contributed by atoms with Gasteiger partial charge in [-0.1, -0.05) is 20.8 Å². The monoisotopic (exact) mass is 285 g/mol. The summed E-state index contributed by atoms with van der Waals surface area (Å²) in [7, 11) is 0. The minimum atomic E-state index is -1.20. The van der Waals surface area contributed by atoms with Crippen LogP contribution in [0.15, 0.2) is 24.4 Å². The highest BCUT2D eigenvalue weighted by atomic mass is 16.4. The Morgan fingerprint density at radius 2 is 2.05 bits per heavy atom. The van der Waals surface area contributed by atoms with Gasteiger partial charge in [-0.2, -0.15) is 10.4 Å². The van der Waals surface area contributed by atoms with Gasteiger partial charge in [0.2, 0.25) is 0 Å². The van der Waals surface area contributed by atoms with Crippen molar-refractivity contribution in [3.8, 4) is 17.5 Å². The minimum Gasteiger partial charge on any atom is -0.507 e. The number of hydrogen-bond donors (Lipinski definition) is 2. The fourth-order valence-electron chi connectivity index (χ4n) is 1.99. The van der Waals surface area contributed by atoms with Crippen molar-refractivity contribution < 1.29 is 15.0 Å². The molecule has 2 rings (SSSR count). The molecule has 21 heavy (non-hydrogen) atoms. The predicted octanol–water partition coefficient (Wildman–Crippen LogP) is 2.45. The smallest absolute Gasteiger partial charge is 0.339 e. The Balaban J connectivity index is 2.54. The first kappa shape index (κ1) is 14.6. The van der Waals surface area contributed by atoms with Crippen molar-refractivity contribution >= 4 is 5.97 Å². The topological polar surface area (TPSA) is 99.1 Å². The third-order valence-corrected chi connectivity index (χ3v) is 3.02. The van der Waals surface area contributed by atoms with Gasteiger partial charge in [-0.15, -0.1) is 0 Å². The molecule has 0 radical (unpaired) electrons. The van der Waals surface area contributed by atoms with Gasteiger partial charge in [0.15, 0.2) is 0 Å². The van der Waals surface area contributed by atoms with Crippen molar-refractivity contribution in [3.05, 3.63) is 41.2 Å². The number of aromatic hydroxyl groups is 1. The minimum absolute atomic E-state index is 0.178. The van der Waals surface area contributed by atoms with Crippen LogP contribution in [0.4, 0.5) is 0 Å². The average molecular weight is 285 g/mol. The van der Waals surface area contributed by atoms with Crippen LogP contribution in [0.2, 0.25) is 0 Å². The number of phenols is 1. The lowest BCUT2D eigenvalue weighted by atomic mass is 9.90. The molecule has 0 aliphatic rings. The molecule has 108 valence electrons. The molecule has 1 heterocycles. The zero-order valence-electron chi connectivity index (χ0n) is 12.0. The van der Waals surface area contributed by atoms with Crippen LogP contribution in [-0.4, -0.2) is 26.0 Å². The normalized spacial score (nSPS) is 11.1. The number of carbonyl (C=O) groups is 1. The van der Waals surface area contributed by atoms with Crippen LogP contribution in [0.1, 0.15) is 42.4 Å². The van der Waals surface area contributed by atoms with Crippen molar-refractivity contribution in [1.29, 1.82) is 5.26 Å². The van der Waals surface area contributed by atoms with Gasteiger partial charge < -0.3 is 10.2 Å². The van der Waals surface area contributed by atoms with E-state index >= 15 is 0 Å². The molecular formula is C15H15N3O3. The van der Waals surface area contributed by atoms with E-state index in [1.54, 1.807) is 6.20 Å². The SMILES string of the molecule is CC(C)(C)c1nn(-c2ccc(C(=O)O)c(O)c2)cc1C#N. The molecule has 0 amide bonds. The molecule has 2 aromatic rings. The molecule has 6 heteroatoms. The highest BCUT2D eigenvalue weighted by molar-refractivity contribution is 5.91. The van der Waals surface area contributed by atoms with Crippen LogP contribution in [0.25, 0.3) is 5.69 Å². The Morgan fingerprint density at radius 1 is 1.38 bits per heavy atom. The second-order valence-corrected chi connectivity index (χ2v) is 5.70. The molecule has 0 unspecified atom stereocenters. The molecule has 0 fully saturated rings. The van der Waals surface area contributed by atoms with Gasteiger partial charge in [0.25, 0.3) is 0 Å². The van der Waals surface area contributed by atoms with Crippen molar-refractivity contribution in [2.75, 3.05) is 0 Å². The second kappa shape index (κ2) is 4.94. The highest BCUT2D eigenvalue weighted by Gasteiger charge is 2.23. The molecule has 2 N–H and O–H groups in total. The molecule has 1 aromatic carbocycles. The number of carboxylic acids is 1. The van der Waals surface area contributed by atoms with E-state index in [1.165, 1.54) is 22.9 Å². The number of carboxylic acid groups (broad SMARTS) is 1. The van der Waals surface area contributed by atoms with E-state index in [2.05, 4.69) is 11.2 Å². The molecule has 0 spiro atoms. The number of nitriles is 1. The standard InChI is InChI=1S/C15H15N3O3/c1-15(2,3)13-9(7-16)8-18(17-13)10-4-5-11(14(20)21)12(19)6-10/h4-6,8,19H,1-3H3,(H,20,21). The summed E-state index contributed by atoms with van der Waals surface area (Å²) in [6.07, 6.45) is 1.57. The number of benzene rings is 1. The zero-order chi connectivity index (χ0) is 15.8. The Bertz CT molecular complexity index is 748. The van der Waals surface area contributed by atoms with Gasteiger partial charge in [0.1, 0.15) is 17.4 Å². The van der Waals surface area contributed by atoms with E-state index in [1.807, 2.05) is 20.8 Å². The molecule has 0 aliphatic heterocycles. The van der Waals surface area contributed by atoms with Crippen LogP contribution < -0.4 is 0 Å². The second-order valence-electron chi connectivity index (χ2n) is 5.70. The summed E-state index contributed by atoms with van der Waals surface area (Å²) < 4.78 is 1.46. The van der Waals surface area contributed by atoms with E-state index < -0.39 is 5.97 Å². The maximum atomic E-state index is 10.9. The largest absolute Gasteiger partial charge is 0.507 e. The first-order valence-corrected chi connectivity index (χ1v) is 6.31. The molecule has 1 aromatic heterocycles. The van der Waals surface area contributed by atoms with Crippen molar-refractivity contribution in [1.82, 2.24) is 9.78 Å². The number of rotatable bonds is 2. The lowest BCUT2D eigenvalue weighted by molar-refractivity contribution is 0.0694. The summed E-state index contributed by atoms with van der Waals surface area (Å²) in [6.45, 7) is 5.85. The Labute approximate surface area is 121 Å². The lowest BCUT2D eigenvalue weighted by Crippen LogP contribution is -2.14. The molecule has 6 nitrogen and oxygen atoms in total. The van der Waals surface area contributed by atoms with Gasteiger partial charge in [-0.3, -0.25) is 0 Å². The summed E-state index contributed by atoms with van der Waals surface area (Å²) in [5.41, 5.74) is 1.11. The maximum Gasteiger partial charge on any atom is 0.339 e. The summed E-state index contributed by atoms with van der Waals surface area (Å²) in [5.74, 6) is -1.54. The molecule has 0 saturated heterocycles. The van der Waals surface area contributed by atoms with Crippen molar-refractivity contribution in [3.63, 3.8) is 0 Å². The maximum absolute atomic E-state index is 10.9. The third-order valence-electron chi connectivity index (χ3n) is 3.02. The van der Waals surface area contributed by atoms with Gasteiger partial charge in [-0.25, -0.2) is 9.48 Å². The molecule has 0 atom stereocenters. The quantitative estimate of drug-likeness (QED) is 0.882. The predicted molar refractivity (Wildman–Crippen MR) is 75.6 cm³/mol. The summed E-state index contributed by atoms with van der Waals surface area (Å²) in [4.78, 5) is 10.9. The van der Waals surface area contributed by atoms with E-state index in [-0.39, 0.29) is 16.7 Å². The number of nitrogens with zero attached hydrogens (tertiary/aromatic N) is 3. The van der Waals surface area contributed by atoms with Gasteiger partial charge in [0.05, 0.1) is 16.9 Å². The van der Waals surface area contributed by atoms with Gasteiger partial charge >= 0.3 is 5.97 Å². The molecule has 0 aliphatic carbocycles. The summed E-state index contributed by atoms with van der Waals surface area (Å²) >= 11 is 0.